The van der Waals surface area contributed by atoms with Crippen LogP contribution < -0.4 is 9.47 Å². The second-order valence-electron chi connectivity index (χ2n) is 12.6. The normalized spacial score (nSPS) is 21.7. The summed E-state index contributed by atoms with van der Waals surface area (Å²) in [6.07, 6.45) is 5.37. The van der Waals surface area contributed by atoms with Gasteiger partial charge in [-0.3, -0.25) is 0 Å². The fourth-order valence-corrected chi connectivity index (χ4v) is 6.83. The highest BCUT2D eigenvalue weighted by Gasteiger charge is 2.38. The molecule has 3 aromatic rings. The smallest absolute Gasteiger partial charge is 0.429 e. The average Bonchev–Trinajstić information content (AvgIpc) is 3.04. The molecule has 0 N–H and O–H groups in total. The predicted molar refractivity (Wildman–Crippen MR) is 165 cm³/mol. The van der Waals surface area contributed by atoms with Gasteiger partial charge in [0.25, 0.3) is 0 Å². The number of unbranched alkanes of at least 4 members (excludes halogenated alkanes) is 2. The van der Waals surface area contributed by atoms with Gasteiger partial charge in [0.15, 0.2) is 23.6 Å². The zero-order chi connectivity index (χ0) is 33.6. The molecule has 3 aromatic carbocycles. The Hall–Kier alpha value is -3.53. The molecule has 10 heteroatoms. The van der Waals surface area contributed by atoms with Crippen molar-refractivity contribution in [3.8, 4) is 22.6 Å². The minimum atomic E-state index is -4.31. The van der Waals surface area contributed by atoms with Gasteiger partial charge in [0, 0.05) is 18.7 Å². The van der Waals surface area contributed by atoms with E-state index in [0.717, 1.165) is 50.8 Å². The van der Waals surface area contributed by atoms with Crippen LogP contribution in [0.3, 0.4) is 0 Å². The number of hydrogen-bond acceptors (Lipinski definition) is 3. The van der Waals surface area contributed by atoms with Gasteiger partial charge < -0.3 is 14.2 Å². The Morgan fingerprint density at radius 3 is 2.11 bits per heavy atom. The highest BCUT2D eigenvalue weighted by atomic mass is 19.3. The molecule has 2 unspecified atom stereocenters. The Labute approximate surface area is 270 Å². The van der Waals surface area contributed by atoms with E-state index in [1.54, 1.807) is 0 Å². The van der Waals surface area contributed by atoms with Crippen LogP contribution >= 0.6 is 0 Å². The van der Waals surface area contributed by atoms with Crippen molar-refractivity contribution in [3.05, 3.63) is 95.5 Å². The van der Waals surface area contributed by atoms with E-state index in [4.69, 9.17) is 4.74 Å². The second kappa shape index (κ2) is 15.6. The molecule has 0 aromatic heterocycles. The molecule has 1 saturated carbocycles. The first-order chi connectivity index (χ1) is 22.5. The first kappa shape index (κ1) is 34.8. The van der Waals surface area contributed by atoms with Gasteiger partial charge >= 0.3 is 12.2 Å². The molecule has 1 aliphatic heterocycles. The maximum Gasteiger partial charge on any atom is 0.429 e. The number of halogens is 7. The number of rotatable bonds is 12. The van der Waals surface area contributed by atoms with Gasteiger partial charge in [0.05, 0.1) is 11.7 Å². The predicted octanol–water partition coefficient (Wildman–Crippen LogP) is 11.7. The summed E-state index contributed by atoms with van der Waals surface area (Å²) in [5.41, 5.74) is 1.05. The lowest BCUT2D eigenvalue weighted by atomic mass is 9.75. The summed E-state index contributed by atoms with van der Waals surface area (Å²) in [7, 11) is 0. The van der Waals surface area contributed by atoms with Crippen molar-refractivity contribution in [1.29, 1.82) is 0 Å². The van der Waals surface area contributed by atoms with Crippen LogP contribution in [-0.4, -0.2) is 12.7 Å². The van der Waals surface area contributed by atoms with Gasteiger partial charge in [-0.05, 0) is 91.5 Å². The van der Waals surface area contributed by atoms with E-state index in [-0.39, 0.29) is 6.26 Å². The lowest BCUT2D eigenvalue weighted by Crippen LogP contribution is -2.34. The highest BCUT2D eigenvalue weighted by molar-refractivity contribution is 5.64. The zero-order valence-corrected chi connectivity index (χ0v) is 26.2. The number of alkyl halides is 2. The van der Waals surface area contributed by atoms with Crippen LogP contribution in [0.5, 0.6) is 11.5 Å². The summed E-state index contributed by atoms with van der Waals surface area (Å²) < 4.78 is 112. The maximum absolute atomic E-state index is 15.0. The molecule has 0 amide bonds. The quantitative estimate of drug-likeness (QED) is 0.110. The van der Waals surface area contributed by atoms with E-state index in [1.165, 1.54) is 43.7 Å². The fraction of sp³-hybridized carbons (Fsp3) is 0.459. The monoisotopic (exact) mass is 664 g/mol. The van der Waals surface area contributed by atoms with Crippen molar-refractivity contribution in [2.45, 2.75) is 89.3 Å². The Morgan fingerprint density at radius 2 is 1.51 bits per heavy atom. The Bertz CT molecular complexity index is 1480. The van der Waals surface area contributed by atoms with Crippen LogP contribution in [0, 0.1) is 29.3 Å². The molecule has 0 spiro atoms. The molecule has 254 valence electrons. The summed E-state index contributed by atoms with van der Waals surface area (Å²) in [5, 5.41) is 0. The molecule has 1 heterocycles. The molecule has 2 atom stereocenters. The Morgan fingerprint density at radius 1 is 0.830 bits per heavy atom. The van der Waals surface area contributed by atoms with Crippen LogP contribution in [0.4, 0.5) is 30.7 Å². The summed E-state index contributed by atoms with van der Waals surface area (Å²) in [4.78, 5) is 0. The van der Waals surface area contributed by atoms with Crippen LogP contribution in [0.25, 0.3) is 11.1 Å². The van der Waals surface area contributed by atoms with Crippen LogP contribution in [0.2, 0.25) is 0 Å². The molecule has 3 nitrogen and oxygen atoms in total. The van der Waals surface area contributed by atoms with Crippen molar-refractivity contribution in [3.63, 3.8) is 0 Å². The molecular formula is C37H39F7O3. The van der Waals surface area contributed by atoms with Gasteiger partial charge in [0.1, 0.15) is 11.6 Å². The lowest BCUT2D eigenvalue weighted by molar-refractivity contribution is -0.187. The molecule has 47 heavy (non-hydrogen) atoms. The van der Waals surface area contributed by atoms with Gasteiger partial charge in [-0.1, -0.05) is 56.5 Å². The first-order valence-electron chi connectivity index (χ1n) is 16.3. The van der Waals surface area contributed by atoms with Gasteiger partial charge in [-0.25, -0.2) is 13.2 Å². The topological polar surface area (TPSA) is 27.7 Å². The van der Waals surface area contributed by atoms with Crippen molar-refractivity contribution >= 4 is 0 Å². The molecule has 2 aliphatic rings. The van der Waals surface area contributed by atoms with E-state index >= 15 is 0 Å². The summed E-state index contributed by atoms with van der Waals surface area (Å²) in [6.45, 7) is 3.11. The van der Waals surface area contributed by atoms with Gasteiger partial charge in [-0.15, -0.1) is 0 Å². The summed E-state index contributed by atoms with van der Waals surface area (Å²) in [6, 6.07) is 11.4. The maximum atomic E-state index is 15.0. The largest absolute Gasteiger partial charge is 0.453 e. The lowest BCUT2D eigenvalue weighted by Gasteiger charge is -2.38. The number of hydrogen-bond donors (Lipinski definition) is 0. The van der Waals surface area contributed by atoms with Crippen molar-refractivity contribution in [2.24, 2.45) is 11.8 Å². The van der Waals surface area contributed by atoms with Crippen LogP contribution in [-0.2, 0) is 10.8 Å². The molecular weight excluding hydrogens is 625 g/mol. The van der Waals surface area contributed by atoms with E-state index in [1.807, 2.05) is 24.3 Å². The van der Waals surface area contributed by atoms with Gasteiger partial charge in [-0.2, -0.15) is 17.6 Å². The van der Waals surface area contributed by atoms with Crippen LogP contribution in [0.1, 0.15) is 88.2 Å². The standard InChI is InChI=1S/C37H39F7O3/c1-2-3-4-5-23-6-17-34(45-21-23)27-13-11-25(12-14-27)24-7-9-26(10-8-24)28-15-16-30(31(38)18-28)37(43,44)47-29-19-32(39)36(33(40)20-29)46-22-35(41)42/h7-10,15-16,18-20,22-23,25,27,34H,2-6,11-14,17,21H2,1H3. The molecule has 1 saturated heterocycles. The van der Waals surface area contributed by atoms with E-state index in [0.29, 0.717) is 47.1 Å². The molecule has 2 fully saturated rings. The molecule has 0 bridgehead atoms. The number of ether oxygens (including phenoxy) is 3. The third-order valence-corrected chi connectivity index (χ3v) is 9.40. The van der Waals surface area contributed by atoms with Crippen molar-refractivity contribution < 1.29 is 44.9 Å². The first-order valence-corrected chi connectivity index (χ1v) is 16.3. The van der Waals surface area contributed by atoms with Gasteiger partial charge in [0.2, 0.25) is 0 Å². The summed E-state index contributed by atoms with van der Waals surface area (Å²) in [5.74, 6) is -4.93. The van der Waals surface area contributed by atoms with E-state index in [2.05, 4.69) is 16.4 Å². The van der Waals surface area contributed by atoms with Crippen LogP contribution in [0.15, 0.2) is 66.9 Å². The SMILES string of the molecule is CCCCCC1CCC(C2CCC(c3ccc(-c4ccc(C(F)(F)Oc5cc(F)c(OC=C(F)F)c(F)c5)c(F)c4)cc3)CC2)OC1. The average molecular weight is 665 g/mol. The second-order valence-corrected chi connectivity index (χ2v) is 12.6. The Balaban J connectivity index is 1.16. The minimum absolute atomic E-state index is 0.205. The summed E-state index contributed by atoms with van der Waals surface area (Å²) >= 11 is 0. The zero-order valence-electron chi connectivity index (χ0n) is 26.2. The highest BCUT2D eigenvalue weighted by Crippen LogP contribution is 2.41. The van der Waals surface area contributed by atoms with Crippen molar-refractivity contribution in [1.82, 2.24) is 0 Å². The Kier molecular flexibility index (Phi) is 11.5. The third-order valence-electron chi connectivity index (χ3n) is 9.40. The fourth-order valence-electron chi connectivity index (χ4n) is 6.83. The molecule has 5 rings (SSSR count). The van der Waals surface area contributed by atoms with Crippen molar-refractivity contribution in [2.75, 3.05) is 6.61 Å². The third kappa shape index (κ3) is 8.89. The van der Waals surface area contributed by atoms with E-state index < -0.39 is 46.7 Å². The number of benzene rings is 3. The minimum Gasteiger partial charge on any atom is -0.453 e. The molecule has 0 radical (unpaired) electrons. The molecule has 1 aliphatic carbocycles. The van der Waals surface area contributed by atoms with E-state index in [9.17, 15) is 30.7 Å².